The lowest BCUT2D eigenvalue weighted by Gasteiger charge is -2.20. The number of benzene rings is 1. The molecular weight excluding hydrogens is 262 g/mol. The van der Waals surface area contributed by atoms with Crippen LogP contribution in [0.1, 0.15) is 38.2 Å². The van der Waals surface area contributed by atoms with E-state index >= 15 is 0 Å². The Hall–Kier alpha value is -1.39. The van der Waals surface area contributed by atoms with E-state index in [2.05, 4.69) is 41.5 Å². The van der Waals surface area contributed by atoms with Crippen LogP contribution in [0, 0.1) is 0 Å². The van der Waals surface area contributed by atoms with Crippen molar-refractivity contribution in [3.8, 4) is 0 Å². The summed E-state index contributed by atoms with van der Waals surface area (Å²) in [5, 5.41) is 6.42. The Morgan fingerprint density at radius 3 is 2.67 bits per heavy atom. The van der Waals surface area contributed by atoms with Crippen molar-refractivity contribution >= 4 is 11.6 Å². The van der Waals surface area contributed by atoms with Gasteiger partial charge in [-0.1, -0.05) is 26.0 Å². The molecule has 1 heterocycles. The fraction of sp³-hybridized carbons (Fsp3) is 0.588. The van der Waals surface area contributed by atoms with Crippen LogP contribution in [-0.4, -0.2) is 43.5 Å². The van der Waals surface area contributed by atoms with Gasteiger partial charge in [-0.3, -0.25) is 9.69 Å². The Morgan fingerprint density at radius 2 is 2.10 bits per heavy atom. The highest BCUT2D eigenvalue weighted by Crippen LogP contribution is 2.17. The molecule has 116 valence electrons. The highest BCUT2D eigenvalue weighted by atomic mass is 16.2. The van der Waals surface area contributed by atoms with E-state index < -0.39 is 0 Å². The average molecular weight is 289 g/mol. The van der Waals surface area contributed by atoms with Crippen LogP contribution < -0.4 is 10.6 Å². The largest absolute Gasteiger partial charge is 0.325 e. The number of nitrogens with one attached hydrogen (secondary N) is 2. The molecule has 1 fully saturated rings. The van der Waals surface area contributed by atoms with E-state index in [1.807, 2.05) is 19.2 Å². The SMILES string of the molecule is CC(C)c1ccc(NC(=O)CN(C)CC2CCCN2)cc1. The van der Waals surface area contributed by atoms with Crippen LogP contribution in [0.25, 0.3) is 0 Å². The molecule has 1 aromatic carbocycles. The Kier molecular flexibility index (Phi) is 5.76. The minimum absolute atomic E-state index is 0.0489. The summed E-state index contributed by atoms with van der Waals surface area (Å²) in [5.74, 6) is 0.563. The van der Waals surface area contributed by atoms with Gasteiger partial charge < -0.3 is 10.6 Å². The Bertz CT molecular complexity index is 450. The van der Waals surface area contributed by atoms with Gasteiger partial charge in [0.1, 0.15) is 0 Å². The maximum Gasteiger partial charge on any atom is 0.238 e. The minimum atomic E-state index is 0.0489. The van der Waals surface area contributed by atoms with Crippen molar-refractivity contribution in [3.63, 3.8) is 0 Å². The first-order valence-corrected chi connectivity index (χ1v) is 7.86. The smallest absolute Gasteiger partial charge is 0.238 e. The molecule has 0 aliphatic carbocycles. The van der Waals surface area contributed by atoms with Gasteiger partial charge in [0.05, 0.1) is 6.54 Å². The van der Waals surface area contributed by atoms with Gasteiger partial charge in [0.25, 0.3) is 0 Å². The summed E-state index contributed by atoms with van der Waals surface area (Å²) >= 11 is 0. The van der Waals surface area contributed by atoms with E-state index in [0.717, 1.165) is 18.8 Å². The molecule has 1 unspecified atom stereocenters. The molecule has 1 aromatic rings. The predicted octanol–water partition coefficient (Wildman–Crippen LogP) is 2.43. The van der Waals surface area contributed by atoms with Gasteiger partial charge >= 0.3 is 0 Å². The van der Waals surface area contributed by atoms with Crippen LogP contribution in [0.15, 0.2) is 24.3 Å². The number of hydrogen-bond donors (Lipinski definition) is 2. The van der Waals surface area contributed by atoms with Crippen LogP contribution in [0.2, 0.25) is 0 Å². The van der Waals surface area contributed by atoms with Crippen molar-refractivity contribution in [2.24, 2.45) is 0 Å². The van der Waals surface area contributed by atoms with Gasteiger partial charge in [0.2, 0.25) is 5.91 Å². The molecule has 1 aliphatic rings. The number of nitrogens with zero attached hydrogens (tertiary/aromatic N) is 1. The molecule has 4 nitrogen and oxygen atoms in total. The quantitative estimate of drug-likeness (QED) is 0.845. The number of rotatable bonds is 6. The highest BCUT2D eigenvalue weighted by molar-refractivity contribution is 5.92. The van der Waals surface area contributed by atoms with Crippen molar-refractivity contribution in [3.05, 3.63) is 29.8 Å². The van der Waals surface area contributed by atoms with Crippen LogP contribution in [0.5, 0.6) is 0 Å². The van der Waals surface area contributed by atoms with Gasteiger partial charge in [-0.15, -0.1) is 0 Å². The number of carbonyl (C=O) groups excluding carboxylic acids is 1. The van der Waals surface area contributed by atoms with E-state index in [-0.39, 0.29) is 5.91 Å². The second-order valence-electron chi connectivity index (χ2n) is 6.31. The van der Waals surface area contributed by atoms with E-state index in [1.165, 1.54) is 18.4 Å². The first kappa shape index (κ1) is 16.0. The zero-order valence-electron chi connectivity index (χ0n) is 13.4. The fourth-order valence-electron chi connectivity index (χ4n) is 2.75. The maximum atomic E-state index is 12.0. The van der Waals surface area contributed by atoms with E-state index in [1.54, 1.807) is 0 Å². The summed E-state index contributed by atoms with van der Waals surface area (Å²) in [5.41, 5.74) is 2.16. The summed E-state index contributed by atoms with van der Waals surface area (Å²) in [7, 11) is 2.00. The first-order valence-electron chi connectivity index (χ1n) is 7.86. The number of amides is 1. The molecule has 1 atom stereocenters. The van der Waals surface area contributed by atoms with Gasteiger partial charge in [0, 0.05) is 18.3 Å². The summed E-state index contributed by atoms with van der Waals surface area (Å²) in [6, 6.07) is 8.64. The number of carbonyl (C=O) groups is 1. The van der Waals surface area contributed by atoms with E-state index in [9.17, 15) is 4.79 Å². The van der Waals surface area contributed by atoms with Crippen molar-refractivity contribution < 1.29 is 4.79 Å². The summed E-state index contributed by atoms with van der Waals surface area (Å²) in [6.45, 7) is 6.80. The Labute approximate surface area is 127 Å². The van der Waals surface area contributed by atoms with E-state index in [0.29, 0.717) is 18.5 Å². The third-order valence-electron chi connectivity index (χ3n) is 3.97. The van der Waals surface area contributed by atoms with Gasteiger partial charge in [-0.05, 0) is 50.0 Å². The molecular formula is C17H27N3O. The summed E-state index contributed by atoms with van der Waals surface area (Å²) in [6.07, 6.45) is 2.45. The third-order valence-corrected chi connectivity index (χ3v) is 3.97. The highest BCUT2D eigenvalue weighted by Gasteiger charge is 2.17. The van der Waals surface area contributed by atoms with Crippen molar-refractivity contribution in [2.75, 3.05) is 32.0 Å². The van der Waals surface area contributed by atoms with Crippen molar-refractivity contribution in [1.29, 1.82) is 0 Å². The summed E-state index contributed by atoms with van der Waals surface area (Å²) < 4.78 is 0. The van der Waals surface area contributed by atoms with Crippen molar-refractivity contribution in [1.82, 2.24) is 10.2 Å². The predicted molar refractivity (Wildman–Crippen MR) is 87.7 cm³/mol. The van der Waals surface area contributed by atoms with Gasteiger partial charge in [-0.2, -0.15) is 0 Å². The second kappa shape index (κ2) is 7.57. The molecule has 2 rings (SSSR count). The van der Waals surface area contributed by atoms with Gasteiger partial charge in [0.15, 0.2) is 0 Å². The molecule has 1 aliphatic heterocycles. The normalized spacial score (nSPS) is 18.4. The van der Waals surface area contributed by atoms with Crippen molar-refractivity contribution in [2.45, 2.75) is 38.6 Å². The first-order chi connectivity index (χ1) is 10.0. The molecule has 1 amide bonds. The minimum Gasteiger partial charge on any atom is -0.325 e. The van der Waals surface area contributed by atoms with Crippen LogP contribution in [0.4, 0.5) is 5.69 Å². The molecule has 4 heteroatoms. The maximum absolute atomic E-state index is 12.0. The second-order valence-corrected chi connectivity index (χ2v) is 6.31. The topological polar surface area (TPSA) is 44.4 Å². The summed E-state index contributed by atoms with van der Waals surface area (Å²) in [4.78, 5) is 14.1. The van der Waals surface area contributed by atoms with Crippen LogP contribution >= 0.6 is 0 Å². The molecule has 2 N–H and O–H groups in total. The molecule has 0 aromatic heterocycles. The third kappa shape index (κ3) is 5.14. The molecule has 1 saturated heterocycles. The average Bonchev–Trinajstić information content (AvgIpc) is 2.91. The lowest BCUT2D eigenvalue weighted by molar-refractivity contribution is -0.117. The number of likely N-dealkylation sites (N-methyl/N-ethyl adjacent to an activating group) is 1. The molecule has 0 bridgehead atoms. The number of anilines is 1. The molecule has 0 saturated carbocycles. The zero-order valence-corrected chi connectivity index (χ0v) is 13.4. The zero-order chi connectivity index (χ0) is 15.2. The van der Waals surface area contributed by atoms with Crippen LogP contribution in [0.3, 0.4) is 0 Å². The lowest BCUT2D eigenvalue weighted by Crippen LogP contribution is -2.39. The standard InChI is InChI=1S/C17H27N3O/c1-13(2)14-6-8-15(9-7-14)19-17(21)12-20(3)11-16-5-4-10-18-16/h6-9,13,16,18H,4-5,10-12H2,1-3H3,(H,19,21). The van der Waals surface area contributed by atoms with E-state index in [4.69, 9.17) is 0 Å². The van der Waals surface area contributed by atoms with Gasteiger partial charge in [-0.25, -0.2) is 0 Å². The lowest BCUT2D eigenvalue weighted by atomic mass is 10.0. The monoisotopic (exact) mass is 289 g/mol. The Balaban J connectivity index is 1.77. The molecule has 0 radical (unpaired) electrons. The number of hydrogen-bond acceptors (Lipinski definition) is 3. The van der Waals surface area contributed by atoms with Crippen LogP contribution in [-0.2, 0) is 4.79 Å². The molecule has 0 spiro atoms. The fourth-order valence-corrected chi connectivity index (χ4v) is 2.75. The Morgan fingerprint density at radius 1 is 1.38 bits per heavy atom. The molecule has 21 heavy (non-hydrogen) atoms.